The summed E-state index contributed by atoms with van der Waals surface area (Å²) in [4.78, 5) is 47.5. The van der Waals surface area contributed by atoms with Gasteiger partial charge in [-0.1, -0.05) is 6.07 Å². The molecule has 0 spiro atoms. The van der Waals surface area contributed by atoms with Crippen molar-refractivity contribution in [3.8, 4) is 11.8 Å². The molecule has 14 heteroatoms. The second-order valence-corrected chi connectivity index (χ2v) is 12.7. The molecule has 1 N–H and O–H groups in total. The molecular weight excluding hydrogens is 647 g/mol. The summed E-state index contributed by atoms with van der Waals surface area (Å²) < 4.78 is 20.2. The van der Waals surface area contributed by atoms with E-state index in [1.165, 1.54) is 12.3 Å². The molecule has 2 aliphatic heterocycles. The van der Waals surface area contributed by atoms with Gasteiger partial charge in [-0.2, -0.15) is 10.2 Å². The Labute approximate surface area is 284 Å². The molecule has 6 aromatic rings. The van der Waals surface area contributed by atoms with Crippen LogP contribution in [0.5, 0.6) is 0 Å². The summed E-state index contributed by atoms with van der Waals surface area (Å²) in [7, 11) is 0. The van der Waals surface area contributed by atoms with Crippen LogP contribution in [0.2, 0.25) is 5.28 Å². The molecule has 1 saturated heterocycles. The van der Waals surface area contributed by atoms with Gasteiger partial charge in [-0.25, -0.2) is 24.1 Å². The topological polar surface area (TPSA) is 140 Å². The fourth-order valence-corrected chi connectivity index (χ4v) is 7.41. The number of hydrogen-bond acceptors (Lipinski definition) is 8. The third-order valence-electron chi connectivity index (χ3n) is 9.57. The molecule has 1 aromatic carbocycles. The molecule has 8 rings (SSSR count). The molecule has 0 radical (unpaired) electrons. The van der Waals surface area contributed by atoms with Crippen LogP contribution in [0.3, 0.4) is 0 Å². The number of benzene rings is 1. The molecular formula is C35H30ClFN10O2. The summed E-state index contributed by atoms with van der Waals surface area (Å²) >= 11 is 6.25. The molecule has 0 bridgehead atoms. The van der Waals surface area contributed by atoms with Gasteiger partial charge in [0.2, 0.25) is 5.28 Å². The van der Waals surface area contributed by atoms with Crippen molar-refractivity contribution in [2.24, 2.45) is 0 Å². The maximum Gasteiger partial charge on any atom is 0.335 e. The van der Waals surface area contributed by atoms with Crippen LogP contribution in [0, 0.1) is 24.1 Å². The monoisotopic (exact) mass is 676 g/mol. The molecule has 49 heavy (non-hydrogen) atoms. The number of carbonyl (C=O) groups is 1. The second kappa shape index (κ2) is 12.2. The summed E-state index contributed by atoms with van der Waals surface area (Å²) in [6.07, 6.45) is 5.38. The number of nitrogens with one attached hydrogen (secondary N) is 1. The van der Waals surface area contributed by atoms with E-state index in [1.807, 2.05) is 22.8 Å². The number of aryl methyl sites for hydroxylation is 1. The lowest BCUT2D eigenvalue weighted by Crippen LogP contribution is -2.37. The molecule has 246 valence electrons. The van der Waals surface area contributed by atoms with E-state index in [-0.39, 0.29) is 47.3 Å². The van der Waals surface area contributed by atoms with Crippen molar-refractivity contribution in [3.63, 3.8) is 0 Å². The summed E-state index contributed by atoms with van der Waals surface area (Å²) in [6, 6.07) is 13.6. The van der Waals surface area contributed by atoms with Gasteiger partial charge >= 0.3 is 5.69 Å². The zero-order valence-electron chi connectivity index (χ0n) is 26.5. The van der Waals surface area contributed by atoms with Crippen molar-refractivity contribution < 1.29 is 9.18 Å². The van der Waals surface area contributed by atoms with Gasteiger partial charge in [0.15, 0.2) is 5.65 Å². The summed E-state index contributed by atoms with van der Waals surface area (Å²) in [5.41, 5.74) is 5.39. The van der Waals surface area contributed by atoms with Crippen molar-refractivity contribution in [2.45, 2.75) is 45.3 Å². The Kier molecular flexibility index (Phi) is 7.69. The fourth-order valence-electron chi connectivity index (χ4n) is 7.20. The number of fused-ring (bicyclic) bond motifs is 4. The van der Waals surface area contributed by atoms with E-state index in [1.54, 1.807) is 51.4 Å². The van der Waals surface area contributed by atoms with E-state index in [0.29, 0.717) is 46.7 Å². The molecule has 0 atom stereocenters. The van der Waals surface area contributed by atoms with E-state index in [0.717, 1.165) is 42.6 Å². The van der Waals surface area contributed by atoms with E-state index < -0.39 is 5.82 Å². The zero-order valence-corrected chi connectivity index (χ0v) is 27.3. The Morgan fingerprint density at radius 3 is 2.71 bits per heavy atom. The number of amides is 1. The highest BCUT2D eigenvalue weighted by Crippen LogP contribution is 2.32. The number of aromatic nitrogens is 7. The van der Waals surface area contributed by atoms with Crippen molar-refractivity contribution in [2.75, 3.05) is 19.6 Å². The van der Waals surface area contributed by atoms with Gasteiger partial charge in [0.25, 0.3) is 5.91 Å². The number of rotatable bonds is 5. The first-order valence-electron chi connectivity index (χ1n) is 16.1. The Morgan fingerprint density at radius 2 is 1.96 bits per heavy atom. The highest BCUT2D eigenvalue weighted by atomic mass is 35.5. The number of piperidine rings is 1. The highest BCUT2D eigenvalue weighted by molar-refractivity contribution is 6.28. The zero-order chi connectivity index (χ0) is 33.8. The third kappa shape index (κ3) is 5.24. The largest absolute Gasteiger partial charge is 0.335 e. The van der Waals surface area contributed by atoms with Crippen LogP contribution in [0.4, 0.5) is 4.39 Å². The van der Waals surface area contributed by atoms with Crippen LogP contribution in [0.15, 0.2) is 59.7 Å². The minimum Gasteiger partial charge on any atom is -0.331 e. The Hall–Kier alpha value is -5.45. The molecule has 2 aliphatic rings. The van der Waals surface area contributed by atoms with Crippen LogP contribution in [0.25, 0.3) is 27.9 Å². The van der Waals surface area contributed by atoms with Gasteiger partial charge in [-0.15, -0.1) is 0 Å². The molecule has 0 unspecified atom stereocenters. The summed E-state index contributed by atoms with van der Waals surface area (Å²) in [5, 5.41) is 13.6. The Bertz CT molecular complexity index is 2380. The van der Waals surface area contributed by atoms with Gasteiger partial charge in [-0.05, 0) is 92.8 Å². The lowest BCUT2D eigenvalue weighted by molar-refractivity contribution is 0.0724. The van der Waals surface area contributed by atoms with Crippen LogP contribution in [-0.4, -0.2) is 64.1 Å². The van der Waals surface area contributed by atoms with Gasteiger partial charge in [0.05, 0.1) is 42.3 Å². The van der Waals surface area contributed by atoms with Crippen LogP contribution in [0.1, 0.15) is 57.5 Å². The first kappa shape index (κ1) is 30.9. The Balaban J connectivity index is 1.12. The number of nitrogens with zero attached hydrogens (tertiary/aromatic N) is 9. The maximum absolute atomic E-state index is 15.0. The van der Waals surface area contributed by atoms with Gasteiger partial charge in [0, 0.05) is 35.4 Å². The van der Waals surface area contributed by atoms with Gasteiger partial charge in [0.1, 0.15) is 22.7 Å². The van der Waals surface area contributed by atoms with Crippen LogP contribution >= 0.6 is 11.6 Å². The molecule has 1 fully saturated rings. The average molecular weight is 677 g/mol. The van der Waals surface area contributed by atoms with E-state index in [4.69, 9.17) is 11.6 Å². The van der Waals surface area contributed by atoms with E-state index in [2.05, 4.69) is 25.3 Å². The average Bonchev–Trinajstić information content (AvgIpc) is 3.59. The van der Waals surface area contributed by atoms with Crippen molar-refractivity contribution in [1.82, 2.24) is 43.9 Å². The molecule has 0 saturated carbocycles. The minimum atomic E-state index is -0.471. The van der Waals surface area contributed by atoms with Crippen LogP contribution in [-0.2, 0) is 19.5 Å². The first-order valence-corrected chi connectivity index (χ1v) is 16.5. The summed E-state index contributed by atoms with van der Waals surface area (Å²) in [5.74, 6) is -0.733. The van der Waals surface area contributed by atoms with Crippen molar-refractivity contribution >= 4 is 39.7 Å². The minimum absolute atomic E-state index is 0.0418. The SMILES string of the molecule is Cc1nc(Cl)nc2c1n(-c1ccc(C(=O)N3CCc4c(n(Cc5ccc(C#N)cc5F)c5ncccc45)C3)nc1)c(=O)n2C1CCNCC1. The van der Waals surface area contributed by atoms with Crippen molar-refractivity contribution in [1.29, 1.82) is 5.26 Å². The molecule has 5 aromatic heterocycles. The fraction of sp³-hybridized carbons (Fsp3) is 0.286. The Morgan fingerprint density at radius 1 is 1.12 bits per heavy atom. The number of pyridine rings is 2. The van der Waals surface area contributed by atoms with E-state index >= 15 is 0 Å². The standard InChI is InChI=1S/C35H30ClFN10O2/c1-20-30-32(43-34(36)42-20)47(23-8-12-39-13-9-23)35(49)46(30)24-6-7-28(41-17-24)33(48)44-14-10-25-26-3-2-11-40-31(26)45(29(25)19-44)18-22-5-4-21(16-38)15-27(22)37/h2-7,11,15,17,23,39H,8-10,12-14,18-19H2,1H3. The number of halogens is 2. The summed E-state index contributed by atoms with van der Waals surface area (Å²) in [6.45, 7) is 4.33. The lowest BCUT2D eigenvalue weighted by Gasteiger charge is -2.28. The highest BCUT2D eigenvalue weighted by Gasteiger charge is 2.30. The van der Waals surface area contributed by atoms with Gasteiger partial charge in [-0.3, -0.25) is 13.9 Å². The normalized spacial score (nSPS) is 15.1. The molecule has 1 amide bonds. The number of carbonyl (C=O) groups excluding carboxylic acids is 1. The third-order valence-corrected chi connectivity index (χ3v) is 9.74. The predicted octanol–water partition coefficient (Wildman–Crippen LogP) is 4.47. The van der Waals surface area contributed by atoms with Crippen LogP contribution < -0.4 is 11.0 Å². The number of hydrogen-bond donors (Lipinski definition) is 1. The maximum atomic E-state index is 15.0. The second-order valence-electron chi connectivity index (χ2n) is 12.4. The smallest absolute Gasteiger partial charge is 0.331 e. The van der Waals surface area contributed by atoms with Gasteiger partial charge < -0.3 is 14.8 Å². The number of nitriles is 1. The lowest BCUT2D eigenvalue weighted by atomic mass is 10.0. The van der Waals surface area contributed by atoms with Crippen molar-refractivity contribution in [3.05, 3.63) is 110 Å². The molecule has 12 nitrogen and oxygen atoms in total. The quantitative estimate of drug-likeness (QED) is 0.264. The molecule has 0 aliphatic carbocycles. The first-order chi connectivity index (χ1) is 23.8. The number of imidazole rings is 1. The molecule has 7 heterocycles. The van der Waals surface area contributed by atoms with E-state index in [9.17, 15) is 19.2 Å². The predicted molar refractivity (Wildman–Crippen MR) is 180 cm³/mol.